The van der Waals surface area contributed by atoms with Gasteiger partial charge in [0, 0.05) is 18.8 Å². The van der Waals surface area contributed by atoms with Crippen LogP contribution in [-0.2, 0) is 0 Å². The van der Waals surface area contributed by atoms with E-state index in [-0.39, 0.29) is 0 Å². The number of hydrogen-bond acceptors (Lipinski definition) is 6. The summed E-state index contributed by atoms with van der Waals surface area (Å²) in [6.45, 7) is 3.74. The Bertz CT molecular complexity index is 1230. The largest absolute Gasteiger partial charge is 0.383 e. The standard InChI is InChI=1S/C23H22N6O/c1-2-4-20(30)29-22(16-5-3-12-25-21(16)24)28-19-11-10-18(27-23(19)29)17-9-8-15(13-26-17)14-6-7-14/h2-3,5,8-14,20,30H,1,4,6-7H2,(H2,24,25). The van der Waals surface area contributed by atoms with Crippen LogP contribution in [0.15, 0.2) is 61.4 Å². The summed E-state index contributed by atoms with van der Waals surface area (Å²) in [5, 5.41) is 10.8. The van der Waals surface area contributed by atoms with E-state index in [0.717, 1.165) is 11.4 Å². The molecule has 5 rings (SSSR count). The number of aromatic nitrogens is 5. The Morgan fingerprint density at radius 1 is 1.13 bits per heavy atom. The third-order valence-electron chi connectivity index (χ3n) is 5.39. The minimum atomic E-state index is -0.880. The number of anilines is 1. The molecule has 0 bridgehead atoms. The molecule has 1 aliphatic rings. The van der Waals surface area contributed by atoms with Gasteiger partial charge in [-0.3, -0.25) is 9.55 Å². The van der Waals surface area contributed by atoms with Gasteiger partial charge in [0.25, 0.3) is 0 Å². The molecule has 0 saturated heterocycles. The Hall–Kier alpha value is -3.58. The summed E-state index contributed by atoms with van der Waals surface area (Å²) in [7, 11) is 0. The van der Waals surface area contributed by atoms with Crippen molar-refractivity contribution in [1.82, 2.24) is 24.5 Å². The third-order valence-corrected chi connectivity index (χ3v) is 5.39. The van der Waals surface area contributed by atoms with E-state index >= 15 is 0 Å². The van der Waals surface area contributed by atoms with E-state index in [2.05, 4.69) is 22.6 Å². The Morgan fingerprint density at radius 3 is 2.67 bits per heavy atom. The minimum Gasteiger partial charge on any atom is -0.383 e. The highest BCUT2D eigenvalue weighted by Gasteiger charge is 2.24. The van der Waals surface area contributed by atoms with Crippen LogP contribution in [0.1, 0.15) is 37.0 Å². The van der Waals surface area contributed by atoms with Crippen molar-refractivity contribution in [2.24, 2.45) is 0 Å². The van der Waals surface area contributed by atoms with Crippen LogP contribution in [0.2, 0.25) is 0 Å². The average molecular weight is 398 g/mol. The van der Waals surface area contributed by atoms with Gasteiger partial charge in [-0.15, -0.1) is 6.58 Å². The molecule has 0 aromatic carbocycles. The van der Waals surface area contributed by atoms with Gasteiger partial charge in [-0.2, -0.15) is 0 Å². The van der Waals surface area contributed by atoms with Gasteiger partial charge in [0.15, 0.2) is 5.65 Å². The molecular formula is C23H22N6O. The quantitative estimate of drug-likeness (QED) is 0.474. The first kappa shape index (κ1) is 18.4. The molecule has 1 saturated carbocycles. The van der Waals surface area contributed by atoms with E-state index in [4.69, 9.17) is 15.7 Å². The lowest BCUT2D eigenvalue weighted by atomic mass is 10.1. The van der Waals surface area contributed by atoms with Crippen LogP contribution in [0.5, 0.6) is 0 Å². The summed E-state index contributed by atoms with van der Waals surface area (Å²) in [6.07, 6.45) is 7.17. The third kappa shape index (κ3) is 3.23. The van der Waals surface area contributed by atoms with E-state index in [1.165, 1.54) is 18.4 Å². The highest BCUT2D eigenvalue weighted by Crippen LogP contribution is 2.40. The molecule has 1 fully saturated rings. The molecular weight excluding hydrogens is 376 g/mol. The fourth-order valence-corrected chi connectivity index (χ4v) is 3.66. The number of aliphatic hydroxyl groups excluding tert-OH is 1. The lowest BCUT2D eigenvalue weighted by molar-refractivity contribution is 0.113. The van der Waals surface area contributed by atoms with Crippen LogP contribution in [0.25, 0.3) is 33.9 Å². The number of aliphatic hydroxyl groups is 1. The predicted molar refractivity (Wildman–Crippen MR) is 116 cm³/mol. The second-order valence-electron chi connectivity index (χ2n) is 7.54. The van der Waals surface area contributed by atoms with Crippen molar-refractivity contribution < 1.29 is 5.11 Å². The zero-order valence-electron chi connectivity index (χ0n) is 16.4. The van der Waals surface area contributed by atoms with Crippen molar-refractivity contribution in [3.63, 3.8) is 0 Å². The molecule has 7 nitrogen and oxygen atoms in total. The van der Waals surface area contributed by atoms with Crippen molar-refractivity contribution >= 4 is 17.0 Å². The summed E-state index contributed by atoms with van der Waals surface area (Å²) in [5.41, 5.74) is 10.7. The normalized spacial score (nSPS) is 14.7. The first-order valence-corrected chi connectivity index (χ1v) is 10.0. The Labute approximate surface area is 174 Å². The van der Waals surface area contributed by atoms with Crippen molar-refractivity contribution in [1.29, 1.82) is 0 Å². The maximum absolute atomic E-state index is 10.8. The molecule has 4 heterocycles. The molecule has 4 aromatic heterocycles. The molecule has 0 aliphatic heterocycles. The molecule has 1 aliphatic carbocycles. The predicted octanol–water partition coefficient (Wildman–Crippen LogP) is 4.08. The van der Waals surface area contributed by atoms with Gasteiger partial charge in [-0.05, 0) is 54.7 Å². The van der Waals surface area contributed by atoms with E-state index in [0.29, 0.717) is 40.7 Å². The van der Waals surface area contributed by atoms with Crippen LogP contribution in [0.4, 0.5) is 5.82 Å². The van der Waals surface area contributed by atoms with Crippen molar-refractivity contribution in [3.05, 3.63) is 67.0 Å². The van der Waals surface area contributed by atoms with E-state index in [1.807, 2.05) is 30.5 Å². The highest BCUT2D eigenvalue weighted by atomic mass is 16.3. The molecule has 7 heteroatoms. The monoisotopic (exact) mass is 398 g/mol. The molecule has 1 atom stereocenters. The Morgan fingerprint density at radius 2 is 1.97 bits per heavy atom. The molecule has 0 spiro atoms. The molecule has 1 unspecified atom stereocenters. The van der Waals surface area contributed by atoms with Gasteiger partial charge in [-0.25, -0.2) is 15.0 Å². The lowest BCUT2D eigenvalue weighted by Gasteiger charge is -2.15. The molecule has 3 N–H and O–H groups in total. The Kier molecular flexibility index (Phi) is 4.52. The number of nitrogens with two attached hydrogens (primary N) is 1. The first-order valence-electron chi connectivity index (χ1n) is 10.0. The molecule has 0 amide bonds. The van der Waals surface area contributed by atoms with Crippen molar-refractivity contribution in [2.75, 3.05) is 5.73 Å². The molecule has 4 aromatic rings. The number of pyridine rings is 3. The zero-order chi connectivity index (χ0) is 20.7. The Balaban J connectivity index is 1.65. The topological polar surface area (TPSA) is 103 Å². The van der Waals surface area contributed by atoms with Crippen LogP contribution in [0, 0.1) is 0 Å². The number of rotatable bonds is 6. The van der Waals surface area contributed by atoms with Crippen LogP contribution < -0.4 is 5.73 Å². The van der Waals surface area contributed by atoms with Crippen molar-refractivity contribution in [3.8, 4) is 22.8 Å². The number of nitrogen functional groups attached to an aromatic ring is 1. The first-order chi connectivity index (χ1) is 14.7. The van der Waals surface area contributed by atoms with Gasteiger partial charge in [0.2, 0.25) is 0 Å². The van der Waals surface area contributed by atoms with Crippen LogP contribution in [-0.4, -0.2) is 29.6 Å². The van der Waals surface area contributed by atoms with E-state index in [1.54, 1.807) is 22.9 Å². The van der Waals surface area contributed by atoms with E-state index < -0.39 is 6.23 Å². The zero-order valence-corrected chi connectivity index (χ0v) is 16.4. The number of imidazole rings is 1. The number of hydrogen-bond donors (Lipinski definition) is 2. The highest BCUT2D eigenvalue weighted by molar-refractivity contribution is 5.82. The van der Waals surface area contributed by atoms with Gasteiger partial charge in [0.05, 0.1) is 17.0 Å². The summed E-state index contributed by atoms with van der Waals surface area (Å²) in [4.78, 5) is 18.3. The maximum Gasteiger partial charge on any atom is 0.163 e. The summed E-state index contributed by atoms with van der Waals surface area (Å²) in [5.74, 6) is 1.52. The summed E-state index contributed by atoms with van der Waals surface area (Å²) in [6, 6.07) is 11.5. The fourth-order valence-electron chi connectivity index (χ4n) is 3.66. The second kappa shape index (κ2) is 7.35. The SMILES string of the molecule is C=CCC(O)n1c(-c2cccnc2N)nc2ccc(-c3ccc(C4CC4)cn3)nc21. The maximum atomic E-state index is 10.8. The van der Waals surface area contributed by atoms with Crippen molar-refractivity contribution in [2.45, 2.75) is 31.4 Å². The fraction of sp³-hybridized carbons (Fsp3) is 0.217. The van der Waals surface area contributed by atoms with Gasteiger partial charge < -0.3 is 10.8 Å². The van der Waals surface area contributed by atoms with Gasteiger partial charge in [0.1, 0.15) is 23.4 Å². The summed E-state index contributed by atoms with van der Waals surface area (Å²) < 4.78 is 1.69. The number of nitrogens with zero attached hydrogens (tertiary/aromatic N) is 5. The molecule has 150 valence electrons. The minimum absolute atomic E-state index is 0.345. The van der Waals surface area contributed by atoms with Gasteiger partial charge >= 0.3 is 0 Å². The lowest BCUT2D eigenvalue weighted by Crippen LogP contribution is -2.11. The van der Waals surface area contributed by atoms with Crippen LogP contribution >= 0.6 is 0 Å². The summed E-state index contributed by atoms with van der Waals surface area (Å²) >= 11 is 0. The molecule has 30 heavy (non-hydrogen) atoms. The second-order valence-corrected chi connectivity index (χ2v) is 7.54. The van der Waals surface area contributed by atoms with E-state index in [9.17, 15) is 5.11 Å². The number of fused-ring (bicyclic) bond motifs is 1. The van der Waals surface area contributed by atoms with Crippen LogP contribution in [0.3, 0.4) is 0 Å². The molecule has 0 radical (unpaired) electrons. The average Bonchev–Trinajstić information content (AvgIpc) is 3.54. The smallest absolute Gasteiger partial charge is 0.163 e. The van der Waals surface area contributed by atoms with Gasteiger partial charge in [-0.1, -0.05) is 12.1 Å².